The van der Waals surface area contributed by atoms with Crippen LogP contribution in [0.4, 0.5) is 11.4 Å². The van der Waals surface area contributed by atoms with E-state index in [0.29, 0.717) is 24.3 Å². The minimum atomic E-state index is -0.556. The third-order valence-electron chi connectivity index (χ3n) is 6.35. The number of benzene rings is 2. The SMILES string of the molecule is O=C(Oc1ccc(N2C(=O)[C@H]3CC=CC[C@H]3C2=O)cc1)[C@H]1CC(=O)N(c2ccccc2)C1. The number of anilines is 2. The molecule has 2 saturated heterocycles. The molecule has 0 radical (unpaired) electrons. The lowest BCUT2D eigenvalue weighted by molar-refractivity contribution is -0.139. The number of para-hydroxylation sites is 1. The fourth-order valence-corrected chi connectivity index (χ4v) is 4.64. The summed E-state index contributed by atoms with van der Waals surface area (Å²) in [7, 11) is 0. The van der Waals surface area contributed by atoms with E-state index in [9.17, 15) is 19.2 Å². The van der Waals surface area contributed by atoms with Crippen LogP contribution in [0.15, 0.2) is 66.7 Å². The highest BCUT2D eigenvalue weighted by Crippen LogP contribution is 2.38. The summed E-state index contributed by atoms with van der Waals surface area (Å²) in [4.78, 5) is 53.2. The highest BCUT2D eigenvalue weighted by atomic mass is 16.5. The van der Waals surface area contributed by atoms with Crippen LogP contribution < -0.4 is 14.5 Å². The summed E-state index contributed by atoms with van der Waals surface area (Å²) >= 11 is 0. The molecule has 0 saturated carbocycles. The smallest absolute Gasteiger partial charge is 0.316 e. The number of hydrogen-bond donors (Lipinski definition) is 0. The van der Waals surface area contributed by atoms with Crippen LogP contribution in [0.5, 0.6) is 5.75 Å². The van der Waals surface area contributed by atoms with Crippen LogP contribution in [0.3, 0.4) is 0 Å². The molecule has 162 valence electrons. The minimum absolute atomic E-state index is 0.0966. The maximum absolute atomic E-state index is 12.7. The molecular formula is C25H22N2O5. The molecule has 0 N–H and O–H groups in total. The standard InChI is InChI=1S/C25H22N2O5/c28-22-14-16(15-26(22)17-6-2-1-3-7-17)25(31)32-19-12-10-18(11-13-19)27-23(29)20-8-4-5-9-21(20)24(27)30/h1-7,10-13,16,20-21H,8-9,14-15H2/t16-,20-,21+/m0/s1. The number of amides is 3. The molecular weight excluding hydrogens is 408 g/mol. The molecule has 3 aliphatic rings. The molecule has 0 spiro atoms. The molecule has 5 rings (SSSR count). The van der Waals surface area contributed by atoms with Gasteiger partial charge in [-0.25, -0.2) is 0 Å². The van der Waals surface area contributed by atoms with E-state index in [1.54, 1.807) is 29.2 Å². The molecule has 1 aliphatic carbocycles. The molecule has 2 heterocycles. The Hall–Kier alpha value is -3.74. The van der Waals surface area contributed by atoms with Gasteiger partial charge in [0.2, 0.25) is 17.7 Å². The molecule has 7 nitrogen and oxygen atoms in total. The number of esters is 1. The maximum Gasteiger partial charge on any atom is 0.316 e. The van der Waals surface area contributed by atoms with Crippen LogP contribution in [0.25, 0.3) is 0 Å². The summed E-state index contributed by atoms with van der Waals surface area (Å²) in [6.45, 7) is 0.271. The lowest BCUT2D eigenvalue weighted by Crippen LogP contribution is -2.30. The van der Waals surface area contributed by atoms with Gasteiger partial charge in [-0.3, -0.25) is 24.1 Å². The Morgan fingerprint density at radius 2 is 1.44 bits per heavy atom. The second-order valence-electron chi connectivity index (χ2n) is 8.32. The molecule has 2 aromatic carbocycles. The topological polar surface area (TPSA) is 84.0 Å². The van der Waals surface area contributed by atoms with Crippen molar-refractivity contribution in [3.05, 3.63) is 66.7 Å². The third kappa shape index (κ3) is 3.49. The number of rotatable bonds is 4. The van der Waals surface area contributed by atoms with Gasteiger partial charge in [0.05, 0.1) is 23.4 Å². The van der Waals surface area contributed by atoms with Gasteiger partial charge in [-0.15, -0.1) is 0 Å². The summed E-state index contributed by atoms with van der Waals surface area (Å²) < 4.78 is 5.48. The molecule has 0 aromatic heterocycles. The van der Waals surface area contributed by atoms with Crippen molar-refractivity contribution >= 4 is 35.1 Å². The van der Waals surface area contributed by atoms with Crippen LogP contribution >= 0.6 is 0 Å². The fourth-order valence-electron chi connectivity index (χ4n) is 4.64. The number of hydrogen-bond acceptors (Lipinski definition) is 5. The first-order valence-electron chi connectivity index (χ1n) is 10.7. The average molecular weight is 430 g/mol. The largest absolute Gasteiger partial charge is 0.426 e. The number of nitrogens with zero attached hydrogens (tertiary/aromatic N) is 2. The zero-order valence-electron chi connectivity index (χ0n) is 17.3. The third-order valence-corrected chi connectivity index (χ3v) is 6.35. The first-order valence-corrected chi connectivity index (χ1v) is 10.7. The van der Waals surface area contributed by atoms with Gasteiger partial charge < -0.3 is 9.64 Å². The predicted octanol–water partition coefficient (Wildman–Crippen LogP) is 3.10. The van der Waals surface area contributed by atoms with Crippen molar-refractivity contribution in [2.75, 3.05) is 16.3 Å². The zero-order chi connectivity index (χ0) is 22.2. The van der Waals surface area contributed by atoms with Crippen LogP contribution in [-0.4, -0.2) is 30.2 Å². The lowest BCUT2D eigenvalue weighted by Gasteiger charge is -2.17. The van der Waals surface area contributed by atoms with Gasteiger partial charge >= 0.3 is 5.97 Å². The van der Waals surface area contributed by atoms with Crippen LogP contribution in [0.1, 0.15) is 19.3 Å². The van der Waals surface area contributed by atoms with E-state index in [1.807, 2.05) is 42.5 Å². The van der Waals surface area contributed by atoms with E-state index in [-0.39, 0.29) is 42.5 Å². The van der Waals surface area contributed by atoms with Crippen LogP contribution in [0.2, 0.25) is 0 Å². The summed E-state index contributed by atoms with van der Waals surface area (Å²) in [6.07, 6.45) is 5.17. The highest BCUT2D eigenvalue weighted by Gasteiger charge is 2.47. The van der Waals surface area contributed by atoms with Gasteiger partial charge in [-0.2, -0.15) is 0 Å². The second-order valence-corrected chi connectivity index (χ2v) is 8.32. The van der Waals surface area contributed by atoms with E-state index in [0.717, 1.165) is 5.69 Å². The monoisotopic (exact) mass is 430 g/mol. The Bertz CT molecular complexity index is 1080. The average Bonchev–Trinajstić information content (AvgIpc) is 3.33. The van der Waals surface area contributed by atoms with Crippen molar-refractivity contribution in [3.8, 4) is 5.75 Å². The van der Waals surface area contributed by atoms with Crippen molar-refractivity contribution in [2.24, 2.45) is 17.8 Å². The maximum atomic E-state index is 12.7. The van der Waals surface area contributed by atoms with Gasteiger partial charge in [0.1, 0.15) is 5.75 Å². The number of ether oxygens (including phenoxy) is 1. The Morgan fingerprint density at radius 1 is 0.812 bits per heavy atom. The van der Waals surface area contributed by atoms with Gasteiger partial charge in [0, 0.05) is 18.7 Å². The molecule has 0 bridgehead atoms. The molecule has 7 heteroatoms. The molecule has 3 amide bonds. The van der Waals surface area contributed by atoms with Gasteiger partial charge in [0.25, 0.3) is 0 Å². The summed E-state index contributed by atoms with van der Waals surface area (Å²) in [5.74, 6) is -1.79. The zero-order valence-corrected chi connectivity index (χ0v) is 17.3. The van der Waals surface area contributed by atoms with Gasteiger partial charge in [-0.1, -0.05) is 30.4 Å². The molecule has 3 atom stereocenters. The van der Waals surface area contributed by atoms with Gasteiger partial charge in [-0.05, 0) is 49.2 Å². The number of imide groups is 1. The van der Waals surface area contributed by atoms with E-state index in [1.165, 1.54) is 4.90 Å². The van der Waals surface area contributed by atoms with Crippen molar-refractivity contribution in [2.45, 2.75) is 19.3 Å². The number of carbonyl (C=O) groups excluding carboxylic acids is 4. The Labute approximate surface area is 185 Å². The van der Waals surface area contributed by atoms with E-state index < -0.39 is 11.9 Å². The van der Waals surface area contributed by atoms with Gasteiger partial charge in [0.15, 0.2) is 0 Å². The van der Waals surface area contributed by atoms with E-state index >= 15 is 0 Å². The van der Waals surface area contributed by atoms with Crippen molar-refractivity contribution < 1.29 is 23.9 Å². The molecule has 2 aliphatic heterocycles. The second kappa shape index (κ2) is 8.07. The number of carbonyl (C=O) groups is 4. The van der Waals surface area contributed by atoms with Crippen LogP contribution in [0, 0.1) is 17.8 Å². The van der Waals surface area contributed by atoms with E-state index in [4.69, 9.17) is 4.74 Å². The Balaban J connectivity index is 1.25. The number of allylic oxidation sites excluding steroid dienone is 2. The van der Waals surface area contributed by atoms with Crippen molar-refractivity contribution in [1.29, 1.82) is 0 Å². The predicted molar refractivity (Wildman–Crippen MR) is 117 cm³/mol. The quantitative estimate of drug-likeness (QED) is 0.322. The molecule has 2 aromatic rings. The highest BCUT2D eigenvalue weighted by molar-refractivity contribution is 6.22. The normalized spacial score (nSPS) is 24.8. The fraction of sp³-hybridized carbons (Fsp3) is 0.280. The van der Waals surface area contributed by atoms with E-state index in [2.05, 4.69) is 0 Å². The van der Waals surface area contributed by atoms with Crippen LogP contribution in [-0.2, 0) is 19.2 Å². The first-order chi connectivity index (χ1) is 15.5. The van der Waals surface area contributed by atoms with Crippen molar-refractivity contribution in [1.82, 2.24) is 0 Å². The Morgan fingerprint density at radius 3 is 2.06 bits per heavy atom. The van der Waals surface area contributed by atoms with Crippen molar-refractivity contribution in [3.63, 3.8) is 0 Å². The minimum Gasteiger partial charge on any atom is -0.426 e. The summed E-state index contributed by atoms with van der Waals surface area (Å²) in [6, 6.07) is 15.6. The molecule has 32 heavy (non-hydrogen) atoms. The first kappa shape index (κ1) is 20.2. The molecule has 2 fully saturated rings. The lowest BCUT2D eigenvalue weighted by atomic mass is 9.85. The number of fused-ring (bicyclic) bond motifs is 1. The summed E-state index contributed by atoms with van der Waals surface area (Å²) in [5.41, 5.74) is 1.23. The Kier molecular flexibility index (Phi) is 5.09. The summed E-state index contributed by atoms with van der Waals surface area (Å²) in [5, 5.41) is 0. The molecule has 0 unspecified atom stereocenters.